The smallest absolute Gasteiger partial charge is 0.294 e. The van der Waals surface area contributed by atoms with Gasteiger partial charge in [-0.1, -0.05) is 48.0 Å². The highest BCUT2D eigenvalue weighted by Crippen LogP contribution is 2.32. The van der Waals surface area contributed by atoms with E-state index >= 15 is 0 Å². The maximum atomic E-state index is 12.8. The molecule has 0 N–H and O–H groups in total. The van der Waals surface area contributed by atoms with Crippen LogP contribution < -0.4 is 0 Å². The van der Waals surface area contributed by atoms with Gasteiger partial charge in [0.1, 0.15) is 0 Å². The van der Waals surface area contributed by atoms with Gasteiger partial charge in [-0.25, -0.2) is 0 Å². The van der Waals surface area contributed by atoms with Crippen LogP contribution in [0.5, 0.6) is 0 Å². The van der Waals surface area contributed by atoms with Gasteiger partial charge in [-0.2, -0.15) is 13.2 Å². The van der Waals surface area contributed by atoms with Crippen molar-refractivity contribution in [2.75, 3.05) is 0 Å². The molecule has 0 saturated carbocycles. The van der Waals surface area contributed by atoms with Crippen molar-refractivity contribution in [1.29, 1.82) is 0 Å². The third kappa shape index (κ3) is 3.20. The van der Waals surface area contributed by atoms with E-state index in [9.17, 15) is 18.0 Å². The molecule has 0 saturated heterocycles. The molecule has 0 spiro atoms. The number of carbonyl (C=O) groups excluding carboxylic acids is 1. The summed E-state index contributed by atoms with van der Waals surface area (Å²) < 4.78 is 38.5. The second-order valence-electron chi connectivity index (χ2n) is 4.23. The van der Waals surface area contributed by atoms with Crippen LogP contribution in [0.4, 0.5) is 13.2 Å². The van der Waals surface area contributed by atoms with Crippen LogP contribution in [-0.4, -0.2) is 5.78 Å². The molecule has 1 nitrogen and oxygen atoms in total. The average molecular weight is 299 g/mol. The molecule has 20 heavy (non-hydrogen) atoms. The van der Waals surface area contributed by atoms with Gasteiger partial charge >= 0.3 is 6.18 Å². The summed E-state index contributed by atoms with van der Waals surface area (Å²) in [6.45, 7) is 0. The Morgan fingerprint density at radius 1 is 1.00 bits per heavy atom. The van der Waals surface area contributed by atoms with E-state index in [4.69, 9.17) is 11.6 Å². The summed E-state index contributed by atoms with van der Waals surface area (Å²) in [5.41, 5.74) is -0.742. The highest BCUT2D eigenvalue weighted by molar-refractivity contribution is 6.31. The van der Waals surface area contributed by atoms with Crippen LogP contribution in [0.2, 0.25) is 5.02 Å². The van der Waals surface area contributed by atoms with Crippen molar-refractivity contribution < 1.29 is 18.0 Å². The van der Waals surface area contributed by atoms with E-state index in [2.05, 4.69) is 0 Å². The molecule has 2 rings (SSSR count). The first-order valence-electron chi connectivity index (χ1n) is 5.82. The molecule has 0 atom stereocenters. The number of Topliss-reactive ketones (excluding diaryl/α,β-unsaturated/α-hetero) is 1. The zero-order chi connectivity index (χ0) is 14.8. The molecule has 5 heteroatoms. The van der Waals surface area contributed by atoms with Crippen LogP contribution in [0.15, 0.2) is 48.5 Å². The first kappa shape index (κ1) is 14.6. The number of hydrogen-bond donors (Lipinski definition) is 0. The van der Waals surface area contributed by atoms with Crippen molar-refractivity contribution in [3.05, 3.63) is 70.2 Å². The molecule has 0 aliphatic rings. The fourth-order valence-electron chi connectivity index (χ4n) is 1.88. The monoisotopic (exact) mass is 298 g/mol. The first-order valence-corrected chi connectivity index (χ1v) is 6.20. The second kappa shape index (κ2) is 5.67. The third-order valence-electron chi connectivity index (χ3n) is 2.84. The minimum atomic E-state index is -4.55. The van der Waals surface area contributed by atoms with Gasteiger partial charge in [0.05, 0.1) is 5.56 Å². The Balaban J connectivity index is 2.34. The number of rotatable bonds is 3. The fraction of sp³-hybridized carbons (Fsp3) is 0.133. The third-order valence-corrected chi connectivity index (χ3v) is 3.21. The Hall–Kier alpha value is -1.81. The van der Waals surface area contributed by atoms with Gasteiger partial charge in [0, 0.05) is 17.0 Å². The minimum absolute atomic E-state index is 0.160. The molecule has 2 aromatic carbocycles. The molecule has 0 radical (unpaired) electrons. The van der Waals surface area contributed by atoms with E-state index in [1.165, 1.54) is 18.2 Å². The average Bonchev–Trinajstić information content (AvgIpc) is 2.40. The van der Waals surface area contributed by atoms with E-state index in [0.717, 1.165) is 6.07 Å². The zero-order valence-corrected chi connectivity index (χ0v) is 11.0. The molecular formula is C15H10ClF3O. The SMILES string of the molecule is O=C(Cc1ccccc1Cl)c1ccccc1C(F)(F)F. The van der Waals surface area contributed by atoms with Crippen molar-refractivity contribution in [1.82, 2.24) is 0 Å². The summed E-state index contributed by atoms with van der Waals surface area (Å²) in [5.74, 6) is -0.606. The molecule has 0 heterocycles. The maximum Gasteiger partial charge on any atom is 0.417 e. The van der Waals surface area contributed by atoms with E-state index in [0.29, 0.717) is 10.6 Å². The Bertz CT molecular complexity index is 635. The molecule has 2 aromatic rings. The lowest BCUT2D eigenvalue weighted by molar-refractivity contribution is -0.137. The van der Waals surface area contributed by atoms with Gasteiger partial charge < -0.3 is 0 Å². The van der Waals surface area contributed by atoms with Crippen LogP contribution >= 0.6 is 11.6 Å². The van der Waals surface area contributed by atoms with Crippen molar-refractivity contribution >= 4 is 17.4 Å². The van der Waals surface area contributed by atoms with Crippen LogP contribution in [-0.2, 0) is 12.6 Å². The fourth-order valence-corrected chi connectivity index (χ4v) is 2.09. The Labute approximate surface area is 119 Å². The molecule has 0 aromatic heterocycles. The van der Waals surface area contributed by atoms with E-state index < -0.39 is 17.5 Å². The maximum absolute atomic E-state index is 12.8. The number of ketones is 1. The predicted octanol–water partition coefficient (Wildman–Crippen LogP) is 4.78. The number of hydrogen-bond acceptors (Lipinski definition) is 1. The van der Waals surface area contributed by atoms with Gasteiger partial charge in [-0.15, -0.1) is 0 Å². The van der Waals surface area contributed by atoms with E-state index in [1.807, 2.05) is 0 Å². The van der Waals surface area contributed by atoms with Crippen molar-refractivity contribution in [3.8, 4) is 0 Å². The van der Waals surface area contributed by atoms with Crippen molar-refractivity contribution in [2.24, 2.45) is 0 Å². The normalized spacial score (nSPS) is 11.4. The van der Waals surface area contributed by atoms with Crippen LogP contribution in [0.3, 0.4) is 0 Å². The standard InChI is InChI=1S/C15H10ClF3O/c16-13-8-4-1-5-10(13)9-14(20)11-6-2-3-7-12(11)15(17,18)19/h1-8H,9H2. The topological polar surface area (TPSA) is 17.1 Å². The minimum Gasteiger partial charge on any atom is -0.294 e. The van der Waals surface area contributed by atoms with Crippen LogP contribution in [0.25, 0.3) is 0 Å². The van der Waals surface area contributed by atoms with Crippen LogP contribution in [0.1, 0.15) is 21.5 Å². The van der Waals surface area contributed by atoms with Gasteiger partial charge in [0.15, 0.2) is 5.78 Å². The Kier molecular flexibility index (Phi) is 4.14. The Morgan fingerprint density at radius 3 is 2.25 bits per heavy atom. The lowest BCUT2D eigenvalue weighted by Crippen LogP contribution is -2.14. The van der Waals surface area contributed by atoms with Gasteiger partial charge in [0.25, 0.3) is 0 Å². The molecule has 0 fully saturated rings. The molecular weight excluding hydrogens is 289 g/mol. The van der Waals surface area contributed by atoms with Crippen molar-refractivity contribution in [2.45, 2.75) is 12.6 Å². The highest BCUT2D eigenvalue weighted by atomic mass is 35.5. The molecule has 0 aliphatic heterocycles. The van der Waals surface area contributed by atoms with Crippen LogP contribution in [0, 0.1) is 0 Å². The van der Waals surface area contributed by atoms with E-state index in [-0.39, 0.29) is 12.0 Å². The quantitative estimate of drug-likeness (QED) is 0.745. The first-order chi connectivity index (χ1) is 9.39. The number of carbonyl (C=O) groups is 1. The van der Waals surface area contributed by atoms with Gasteiger partial charge in [0.2, 0.25) is 0 Å². The second-order valence-corrected chi connectivity index (χ2v) is 4.64. The van der Waals surface area contributed by atoms with Gasteiger partial charge in [-0.05, 0) is 17.7 Å². The summed E-state index contributed by atoms with van der Waals surface area (Å²) >= 11 is 5.91. The molecule has 104 valence electrons. The zero-order valence-electron chi connectivity index (χ0n) is 10.2. The van der Waals surface area contributed by atoms with E-state index in [1.54, 1.807) is 24.3 Å². The summed E-state index contributed by atoms with van der Waals surface area (Å²) in [7, 11) is 0. The summed E-state index contributed by atoms with van der Waals surface area (Å²) in [6, 6.07) is 11.4. The summed E-state index contributed by atoms with van der Waals surface area (Å²) in [5, 5.41) is 0.366. The highest BCUT2D eigenvalue weighted by Gasteiger charge is 2.34. The lowest BCUT2D eigenvalue weighted by atomic mass is 9.98. The van der Waals surface area contributed by atoms with Gasteiger partial charge in [-0.3, -0.25) is 4.79 Å². The molecule has 0 aliphatic carbocycles. The lowest BCUT2D eigenvalue weighted by Gasteiger charge is -2.12. The molecule has 0 amide bonds. The molecule has 0 unspecified atom stereocenters. The largest absolute Gasteiger partial charge is 0.417 e. The predicted molar refractivity (Wildman–Crippen MR) is 70.9 cm³/mol. The number of alkyl halides is 3. The summed E-state index contributed by atoms with van der Waals surface area (Å²) in [4.78, 5) is 12.1. The number of benzene rings is 2. The molecule has 0 bridgehead atoms. The Morgan fingerprint density at radius 2 is 1.60 bits per heavy atom. The number of halogens is 4. The van der Waals surface area contributed by atoms with Crippen molar-refractivity contribution in [3.63, 3.8) is 0 Å². The summed E-state index contributed by atoms with van der Waals surface area (Å²) in [6.07, 6.45) is -4.71.